The summed E-state index contributed by atoms with van der Waals surface area (Å²) in [6.07, 6.45) is 18.0. The maximum atomic E-state index is 9.00. The summed E-state index contributed by atoms with van der Waals surface area (Å²) in [6, 6.07) is 0. The highest BCUT2D eigenvalue weighted by Crippen LogP contribution is 2.15. The lowest BCUT2D eigenvalue weighted by molar-refractivity contribution is -0.134. The molecule has 0 radical (unpaired) electrons. The van der Waals surface area contributed by atoms with E-state index < -0.39 is 5.97 Å². The van der Waals surface area contributed by atoms with Crippen molar-refractivity contribution in [2.75, 3.05) is 0 Å². The molecule has 0 atom stereocenters. The zero-order valence-corrected chi connectivity index (χ0v) is 11.3. The summed E-state index contributed by atoms with van der Waals surface area (Å²) in [5, 5.41) is 7.42. The number of aliphatic carboxylic acids is 1. The molecule has 17 heavy (non-hydrogen) atoms. The van der Waals surface area contributed by atoms with Gasteiger partial charge in [-0.15, -0.1) is 0 Å². The van der Waals surface area contributed by atoms with Crippen molar-refractivity contribution in [3.8, 4) is 0 Å². The Morgan fingerprint density at radius 3 is 0.765 bits per heavy atom. The van der Waals surface area contributed by atoms with E-state index in [1.54, 1.807) is 0 Å². The molecule has 3 heteroatoms. The molecular weight excluding hydrogens is 216 g/mol. The quantitative estimate of drug-likeness (QED) is 0.703. The van der Waals surface area contributed by atoms with Crippen LogP contribution in [0.5, 0.6) is 0 Å². The van der Waals surface area contributed by atoms with Gasteiger partial charge in [0.1, 0.15) is 0 Å². The van der Waals surface area contributed by atoms with Crippen LogP contribution in [0.1, 0.15) is 84.0 Å². The maximum Gasteiger partial charge on any atom is 0.300 e. The Hall–Kier alpha value is -0.570. The Morgan fingerprint density at radius 1 is 0.647 bits per heavy atom. The van der Waals surface area contributed by atoms with Crippen molar-refractivity contribution < 1.29 is 15.4 Å². The summed E-state index contributed by atoms with van der Waals surface area (Å²) in [5.74, 6) is -0.833. The number of carboxylic acid groups (broad SMARTS) is 1. The van der Waals surface area contributed by atoms with Gasteiger partial charge in [-0.05, 0) is 0 Å². The molecule has 0 bridgehead atoms. The van der Waals surface area contributed by atoms with Crippen molar-refractivity contribution in [2.24, 2.45) is 0 Å². The third kappa shape index (κ3) is 21.3. The minimum Gasteiger partial charge on any atom is -0.481 e. The van der Waals surface area contributed by atoms with E-state index in [1.165, 1.54) is 77.0 Å². The molecule has 0 spiro atoms. The van der Waals surface area contributed by atoms with Gasteiger partial charge >= 0.3 is 0 Å². The molecule has 104 valence electrons. The molecule has 3 N–H and O–H groups in total. The highest BCUT2D eigenvalue weighted by atomic mass is 16.4. The monoisotopic (exact) mass is 246 g/mol. The lowest BCUT2D eigenvalue weighted by Crippen LogP contribution is -1.85. The van der Waals surface area contributed by atoms with Crippen molar-refractivity contribution in [1.82, 2.24) is 0 Å². The van der Waals surface area contributed by atoms with Gasteiger partial charge in [0.05, 0.1) is 0 Å². The van der Waals surface area contributed by atoms with Gasteiger partial charge in [-0.2, -0.15) is 0 Å². The van der Waals surface area contributed by atoms with Crippen LogP contribution in [-0.4, -0.2) is 16.6 Å². The number of hydrogen-bond acceptors (Lipinski definition) is 1. The van der Waals surface area contributed by atoms with Gasteiger partial charge in [-0.3, -0.25) is 4.79 Å². The lowest BCUT2D eigenvalue weighted by atomic mass is 10.0. The van der Waals surface area contributed by atoms with Crippen LogP contribution in [0.4, 0.5) is 0 Å². The SMILES string of the molecule is C1CCCCC1.C1CCCCC1.CC(=O)O.O. The molecule has 0 aromatic heterocycles. The third-order valence-electron chi connectivity index (χ3n) is 3.00. The molecule has 0 aromatic carbocycles. The number of carbonyl (C=O) groups is 1. The first-order valence-corrected chi connectivity index (χ1v) is 6.93. The third-order valence-corrected chi connectivity index (χ3v) is 3.00. The van der Waals surface area contributed by atoms with Crippen LogP contribution in [-0.2, 0) is 4.79 Å². The predicted molar refractivity (Wildman–Crippen MR) is 72.3 cm³/mol. The summed E-state index contributed by atoms with van der Waals surface area (Å²) in [5.41, 5.74) is 0. The minimum absolute atomic E-state index is 0. The predicted octanol–water partition coefficient (Wildman–Crippen LogP) is 3.95. The Labute approximate surface area is 106 Å². The van der Waals surface area contributed by atoms with Gasteiger partial charge in [-0.25, -0.2) is 0 Å². The van der Waals surface area contributed by atoms with E-state index >= 15 is 0 Å². The van der Waals surface area contributed by atoms with Crippen molar-refractivity contribution in [2.45, 2.75) is 84.0 Å². The van der Waals surface area contributed by atoms with Gasteiger partial charge in [0.2, 0.25) is 0 Å². The van der Waals surface area contributed by atoms with Gasteiger partial charge in [-0.1, -0.05) is 77.0 Å². The first-order valence-electron chi connectivity index (χ1n) is 6.93. The van der Waals surface area contributed by atoms with Crippen LogP contribution in [0.15, 0.2) is 0 Å². The van der Waals surface area contributed by atoms with Crippen LogP contribution in [0.25, 0.3) is 0 Å². The molecule has 2 saturated carbocycles. The molecule has 2 aliphatic rings. The fourth-order valence-corrected chi connectivity index (χ4v) is 2.12. The van der Waals surface area contributed by atoms with Crippen LogP contribution < -0.4 is 0 Å². The average molecular weight is 246 g/mol. The molecular formula is C14H30O3. The molecule has 0 saturated heterocycles. The molecule has 0 heterocycles. The van der Waals surface area contributed by atoms with E-state index in [9.17, 15) is 0 Å². The second-order valence-electron chi connectivity index (χ2n) is 4.76. The molecule has 0 aromatic rings. The van der Waals surface area contributed by atoms with Crippen molar-refractivity contribution in [3.05, 3.63) is 0 Å². The van der Waals surface area contributed by atoms with E-state index in [2.05, 4.69) is 0 Å². The second kappa shape index (κ2) is 15.4. The highest BCUT2D eigenvalue weighted by Gasteiger charge is 1.96. The topological polar surface area (TPSA) is 68.8 Å². The van der Waals surface area contributed by atoms with Crippen molar-refractivity contribution in [1.29, 1.82) is 0 Å². The maximum absolute atomic E-state index is 9.00. The summed E-state index contributed by atoms with van der Waals surface area (Å²) in [4.78, 5) is 9.00. The Balaban J connectivity index is 0. The Bertz CT molecular complexity index is 111. The summed E-state index contributed by atoms with van der Waals surface area (Å²) in [7, 11) is 0. The van der Waals surface area contributed by atoms with E-state index in [0.29, 0.717) is 0 Å². The number of hydrogen-bond donors (Lipinski definition) is 1. The number of carboxylic acids is 1. The van der Waals surface area contributed by atoms with Gasteiger partial charge in [0.25, 0.3) is 5.97 Å². The standard InChI is InChI=1S/2C6H12.C2H4O2.H2O/c2*1-2-4-6-5-3-1;1-2(3)4;/h2*1-6H2;1H3,(H,3,4);1H2. The van der Waals surface area contributed by atoms with E-state index in [1.807, 2.05) is 0 Å². The van der Waals surface area contributed by atoms with E-state index in [4.69, 9.17) is 9.90 Å². The zero-order valence-electron chi connectivity index (χ0n) is 11.3. The smallest absolute Gasteiger partial charge is 0.300 e. The van der Waals surface area contributed by atoms with Crippen molar-refractivity contribution in [3.63, 3.8) is 0 Å². The first-order chi connectivity index (χ1) is 7.73. The Morgan fingerprint density at radius 2 is 0.706 bits per heavy atom. The average Bonchev–Trinajstić information content (AvgIpc) is 2.34. The summed E-state index contributed by atoms with van der Waals surface area (Å²) >= 11 is 0. The van der Waals surface area contributed by atoms with Gasteiger partial charge in [0.15, 0.2) is 0 Å². The molecule has 2 fully saturated rings. The summed E-state index contributed by atoms with van der Waals surface area (Å²) < 4.78 is 0. The highest BCUT2D eigenvalue weighted by molar-refractivity contribution is 5.62. The van der Waals surface area contributed by atoms with E-state index in [0.717, 1.165) is 6.92 Å². The molecule has 3 nitrogen and oxygen atoms in total. The first kappa shape index (κ1) is 18.8. The van der Waals surface area contributed by atoms with Gasteiger partial charge < -0.3 is 10.6 Å². The van der Waals surface area contributed by atoms with Crippen LogP contribution in [0.2, 0.25) is 0 Å². The molecule has 0 aliphatic heterocycles. The number of rotatable bonds is 0. The normalized spacial score (nSPS) is 18.4. The molecule has 2 rings (SSSR count). The zero-order chi connectivity index (χ0) is 12.1. The molecule has 2 aliphatic carbocycles. The van der Waals surface area contributed by atoms with Crippen LogP contribution in [0.3, 0.4) is 0 Å². The second-order valence-corrected chi connectivity index (χ2v) is 4.76. The van der Waals surface area contributed by atoms with Crippen molar-refractivity contribution >= 4 is 5.97 Å². The molecule has 0 amide bonds. The van der Waals surface area contributed by atoms with Crippen LogP contribution in [0, 0.1) is 0 Å². The fourth-order valence-electron chi connectivity index (χ4n) is 2.12. The molecule has 0 unspecified atom stereocenters. The van der Waals surface area contributed by atoms with Gasteiger partial charge in [0, 0.05) is 6.92 Å². The fraction of sp³-hybridized carbons (Fsp3) is 0.929. The van der Waals surface area contributed by atoms with E-state index in [-0.39, 0.29) is 5.48 Å². The van der Waals surface area contributed by atoms with Crippen LogP contribution >= 0.6 is 0 Å². The Kier molecular flexibility index (Phi) is 17.1. The minimum atomic E-state index is -0.833. The summed E-state index contributed by atoms with van der Waals surface area (Å²) in [6.45, 7) is 1.08. The lowest BCUT2D eigenvalue weighted by Gasteiger charge is -2.05. The largest absolute Gasteiger partial charge is 0.481 e.